The second-order valence-electron chi connectivity index (χ2n) is 4.58. The van der Waals surface area contributed by atoms with E-state index < -0.39 is 0 Å². The summed E-state index contributed by atoms with van der Waals surface area (Å²) in [7, 11) is 0. The number of aromatic amines is 1. The van der Waals surface area contributed by atoms with Crippen molar-refractivity contribution in [2.75, 3.05) is 18.8 Å². The molecule has 7 nitrogen and oxygen atoms in total. The summed E-state index contributed by atoms with van der Waals surface area (Å²) in [5.74, 6) is -0.230. The molecule has 21 heavy (non-hydrogen) atoms. The number of carbonyl (C=O) groups excluding carboxylic acids is 2. The minimum atomic E-state index is -0.316. The molecule has 0 radical (unpaired) electrons. The highest BCUT2D eigenvalue weighted by molar-refractivity contribution is 5.94. The molecule has 2 amide bonds. The van der Waals surface area contributed by atoms with E-state index in [4.69, 9.17) is 5.73 Å². The maximum atomic E-state index is 11.8. The summed E-state index contributed by atoms with van der Waals surface area (Å²) in [4.78, 5) is 23.5. The van der Waals surface area contributed by atoms with Crippen molar-refractivity contribution in [3.8, 4) is 0 Å². The average molecular weight is 287 g/mol. The molecule has 110 valence electrons. The standard InChI is InChI=1S/C14H17N5O2/c1-9-2-4-10(5-3-9)13(20)16-6-7-17-14(21)11-8-12(15)19-18-11/h2-5,8H,6-7H2,1H3,(H,16,20)(H,17,21)(H3,15,18,19). The predicted octanol–water partition coefficient (Wildman–Crippen LogP) is 0.460. The number of amides is 2. The van der Waals surface area contributed by atoms with Gasteiger partial charge in [0.2, 0.25) is 0 Å². The van der Waals surface area contributed by atoms with Gasteiger partial charge in [-0.15, -0.1) is 0 Å². The smallest absolute Gasteiger partial charge is 0.269 e. The molecule has 0 fully saturated rings. The summed E-state index contributed by atoms with van der Waals surface area (Å²) in [6.07, 6.45) is 0. The van der Waals surface area contributed by atoms with Gasteiger partial charge in [0.05, 0.1) is 0 Å². The fourth-order valence-electron chi connectivity index (χ4n) is 1.71. The van der Waals surface area contributed by atoms with Crippen molar-refractivity contribution in [2.24, 2.45) is 0 Å². The first-order valence-electron chi connectivity index (χ1n) is 6.50. The van der Waals surface area contributed by atoms with E-state index in [0.29, 0.717) is 18.7 Å². The number of nitrogens with two attached hydrogens (primary N) is 1. The number of nitrogen functional groups attached to an aromatic ring is 1. The van der Waals surface area contributed by atoms with Crippen LogP contribution in [0, 0.1) is 6.92 Å². The summed E-state index contributed by atoms with van der Waals surface area (Å²) in [6, 6.07) is 8.71. The molecule has 0 atom stereocenters. The van der Waals surface area contributed by atoms with Crippen molar-refractivity contribution in [3.05, 3.63) is 47.2 Å². The van der Waals surface area contributed by atoms with Gasteiger partial charge in [-0.25, -0.2) is 0 Å². The minimum absolute atomic E-state index is 0.171. The first-order valence-corrected chi connectivity index (χ1v) is 6.50. The molecule has 2 aromatic rings. The quantitative estimate of drug-likeness (QED) is 0.598. The summed E-state index contributed by atoms with van der Waals surface area (Å²) in [5.41, 5.74) is 7.38. The Morgan fingerprint density at radius 1 is 1.14 bits per heavy atom. The van der Waals surface area contributed by atoms with E-state index in [0.717, 1.165) is 5.56 Å². The first kappa shape index (κ1) is 14.6. The van der Waals surface area contributed by atoms with Gasteiger partial charge in [-0.05, 0) is 19.1 Å². The number of rotatable bonds is 5. The number of aryl methyl sites for hydroxylation is 1. The highest BCUT2D eigenvalue weighted by Gasteiger charge is 2.08. The minimum Gasteiger partial charge on any atom is -0.382 e. The number of H-pyrrole nitrogens is 1. The van der Waals surface area contributed by atoms with Crippen LogP contribution < -0.4 is 16.4 Å². The van der Waals surface area contributed by atoms with Gasteiger partial charge in [-0.1, -0.05) is 17.7 Å². The Labute approximate surface area is 121 Å². The summed E-state index contributed by atoms with van der Waals surface area (Å²) >= 11 is 0. The van der Waals surface area contributed by atoms with Crippen molar-refractivity contribution in [1.29, 1.82) is 0 Å². The highest BCUT2D eigenvalue weighted by atomic mass is 16.2. The van der Waals surface area contributed by atoms with E-state index in [-0.39, 0.29) is 23.3 Å². The molecule has 0 saturated heterocycles. The van der Waals surface area contributed by atoms with Crippen molar-refractivity contribution >= 4 is 17.6 Å². The lowest BCUT2D eigenvalue weighted by atomic mass is 10.1. The summed E-state index contributed by atoms with van der Waals surface area (Å²) < 4.78 is 0. The maximum Gasteiger partial charge on any atom is 0.269 e. The lowest BCUT2D eigenvalue weighted by molar-refractivity contribution is 0.0925. The van der Waals surface area contributed by atoms with Crippen LogP contribution in [0.15, 0.2) is 30.3 Å². The van der Waals surface area contributed by atoms with Crippen LogP contribution in [0.4, 0.5) is 5.82 Å². The van der Waals surface area contributed by atoms with Gasteiger partial charge in [0.25, 0.3) is 11.8 Å². The predicted molar refractivity (Wildman–Crippen MR) is 78.8 cm³/mol. The third kappa shape index (κ3) is 4.07. The van der Waals surface area contributed by atoms with E-state index in [2.05, 4.69) is 20.8 Å². The third-order valence-electron chi connectivity index (χ3n) is 2.85. The zero-order chi connectivity index (χ0) is 15.2. The number of nitrogens with one attached hydrogen (secondary N) is 3. The molecule has 0 unspecified atom stereocenters. The van der Waals surface area contributed by atoms with Crippen LogP contribution in [0.3, 0.4) is 0 Å². The molecule has 0 aliphatic rings. The van der Waals surface area contributed by atoms with Gasteiger partial charge in [0.15, 0.2) is 0 Å². The molecule has 0 saturated carbocycles. The van der Waals surface area contributed by atoms with Crippen LogP contribution in [-0.4, -0.2) is 35.1 Å². The van der Waals surface area contributed by atoms with Crippen molar-refractivity contribution in [1.82, 2.24) is 20.8 Å². The lowest BCUT2D eigenvalue weighted by Gasteiger charge is -2.06. The molecule has 0 bridgehead atoms. The molecule has 0 aliphatic carbocycles. The Morgan fingerprint density at radius 3 is 2.33 bits per heavy atom. The lowest BCUT2D eigenvalue weighted by Crippen LogP contribution is -2.34. The normalized spacial score (nSPS) is 10.1. The largest absolute Gasteiger partial charge is 0.382 e. The molecular formula is C14H17N5O2. The molecule has 1 aromatic heterocycles. The number of benzene rings is 1. The fraction of sp³-hybridized carbons (Fsp3) is 0.214. The van der Waals surface area contributed by atoms with Crippen LogP contribution >= 0.6 is 0 Å². The van der Waals surface area contributed by atoms with Crippen LogP contribution in [0.25, 0.3) is 0 Å². The zero-order valence-electron chi connectivity index (χ0n) is 11.6. The Kier molecular flexibility index (Phi) is 4.55. The second kappa shape index (κ2) is 6.56. The van der Waals surface area contributed by atoms with E-state index in [9.17, 15) is 9.59 Å². The highest BCUT2D eigenvalue weighted by Crippen LogP contribution is 2.02. The van der Waals surface area contributed by atoms with Crippen molar-refractivity contribution < 1.29 is 9.59 Å². The molecule has 7 heteroatoms. The number of anilines is 1. The van der Waals surface area contributed by atoms with E-state index in [1.165, 1.54) is 6.07 Å². The van der Waals surface area contributed by atoms with Gasteiger partial charge >= 0.3 is 0 Å². The van der Waals surface area contributed by atoms with Crippen molar-refractivity contribution in [3.63, 3.8) is 0 Å². The Hall–Kier alpha value is -2.83. The van der Waals surface area contributed by atoms with E-state index >= 15 is 0 Å². The van der Waals surface area contributed by atoms with Crippen molar-refractivity contribution in [2.45, 2.75) is 6.92 Å². The molecule has 1 heterocycles. The summed E-state index contributed by atoms with van der Waals surface area (Å²) in [6.45, 7) is 2.61. The van der Waals surface area contributed by atoms with Crippen LogP contribution in [0.1, 0.15) is 26.4 Å². The van der Waals surface area contributed by atoms with Crippen LogP contribution in [0.5, 0.6) is 0 Å². The van der Waals surface area contributed by atoms with Gasteiger partial charge < -0.3 is 16.4 Å². The first-order chi connectivity index (χ1) is 10.1. The zero-order valence-corrected chi connectivity index (χ0v) is 11.6. The Balaban J connectivity index is 1.73. The van der Waals surface area contributed by atoms with Gasteiger partial charge in [0, 0.05) is 24.7 Å². The summed E-state index contributed by atoms with van der Waals surface area (Å²) in [5, 5.41) is 11.5. The Morgan fingerprint density at radius 2 is 1.76 bits per heavy atom. The maximum absolute atomic E-state index is 11.8. The molecule has 0 spiro atoms. The topological polar surface area (TPSA) is 113 Å². The van der Waals surface area contributed by atoms with Crippen LogP contribution in [-0.2, 0) is 0 Å². The molecule has 5 N–H and O–H groups in total. The molecule has 1 aromatic carbocycles. The number of carbonyl (C=O) groups is 2. The number of nitrogens with zero attached hydrogens (tertiary/aromatic N) is 1. The molecule has 0 aliphatic heterocycles. The third-order valence-corrected chi connectivity index (χ3v) is 2.85. The van der Waals surface area contributed by atoms with Crippen LogP contribution in [0.2, 0.25) is 0 Å². The molecule has 2 rings (SSSR count). The Bertz CT molecular complexity index is 633. The average Bonchev–Trinajstić information content (AvgIpc) is 2.90. The van der Waals surface area contributed by atoms with Gasteiger partial charge in [-0.3, -0.25) is 14.7 Å². The monoisotopic (exact) mass is 287 g/mol. The number of hydrogen-bond acceptors (Lipinski definition) is 4. The molecular weight excluding hydrogens is 270 g/mol. The van der Waals surface area contributed by atoms with Gasteiger partial charge in [0.1, 0.15) is 11.5 Å². The number of aromatic nitrogens is 2. The second-order valence-corrected chi connectivity index (χ2v) is 4.58. The SMILES string of the molecule is Cc1ccc(C(=O)NCCNC(=O)c2cc(N)n[nH]2)cc1. The van der Waals surface area contributed by atoms with E-state index in [1.807, 2.05) is 19.1 Å². The van der Waals surface area contributed by atoms with E-state index in [1.54, 1.807) is 12.1 Å². The number of hydrogen-bond donors (Lipinski definition) is 4. The van der Waals surface area contributed by atoms with Gasteiger partial charge in [-0.2, -0.15) is 5.10 Å². The fourth-order valence-corrected chi connectivity index (χ4v) is 1.71.